The summed E-state index contributed by atoms with van der Waals surface area (Å²) in [6.45, 7) is -8.19. The Morgan fingerprint density at radius 3 is 0.753 bits per heavy atom. The van der Waals surface area contributed by atoms with E-state index >= 15 is 0 Å². The highest BCUT2D eigenvalue weighted by molar-refractivity contribution is 5.76. The number of hydrogen-bond acceptors (Lipinski definition) is 61. The van der Waals surface area contributed by atoms with Crippen molar-refractivity contribution in [3.05, 3.63) is 0 Å². The van der Waals surface area contributed by atoms with Gasteiger partial charge in [-0.2, -0.15) is 0 Å². The van der Waals surface area contributed by atoms with Gasteiger partial charge >= 0.3 is 11.9 Å². The molecule has 12 heterocycles. The summed E-state index contributed by atoms with van der Waals surface area (Å²) in [5, 5.41) is 384. The molecule has 60 atom stereocenters. The molecule has 0 aromatic rings. The number of hydrogen-bond donors (Lipinski definition) is 38. The second-order valence-electron chi connectivity index (χ2n) is 37.4. The predicted octanol–water partition coefficient (Wildman–Crippen LogP) is -26.3. The zero-order chi connectivity index (χ0) is 111. The van der Waals surface area contributed by atoms with E-state index in [4.69, 9.17) is 109 Å². The highest BCUT2D eigenvalue weighted by Gasteiger charge is 2.65. The lowest BCUT2D eigenvalue weighted by Gasteiger charge is -2.52. The summed E-state index contributed by atoms with van der Waals surface area (Å²) in [4.78, 5) is 89.3. The van der Waals surface area contributed by atoms with Gasteiger partial charge in [-0.25, -0.2) is 9.59 Å². The first-order valence-electron chi connectivity index (χ1n) is 47.2. The van der Waals surface area contributed by atoms with Crippen LogP contribution in [0.5, 0.6) is 0 Å². The molecule has 12 aliphatic rings. The SMILES string of the molecule is CC(=O)N[C@@H]1[C@@H](O)[C@H](O[C@@H]2O[C@H](CO)[C@@H](O[C@@H]3O[C@H](CO[C@H]4O[C@H](CO)[C@@H](O)[C@H](O)[C@@H]4O[C@@H]4O[C@H](CO)[C@@H](O[C@@H]5O[C@H](CO)[C@H](O)[C@H](O[C@@H]6O[C@H](C(=O)O)[C@@H](O)[C@H](O)[C@H]6O)[C@H]5O)[C@H](O)[C@H]4NC(C)=O)[C@@H](O)[C@H](O[C@H]4O[C@H](CO)[C@@H](O[C@@H]5O[C@H](CO)[C@@H](O[C@@H]6O[C@H](CO)[C@H](O)[C@H](O[C@@H]7O[C@H](C(=O)O)[C@@H](O)[C@H](O)[C@H]7O)[C@H]6O)[C@H](O)[C@H]5NC(C)=O)[C@H](O)[C@@H]4O[C@@H]4O[C@H](CO)[C@@H](O)[C@H](O)[C@H]4NC(C)=O)[C@@H]3O)[C@H](O)[C@H]2NC(C)=O)[C@@H](CO)O[C@H]1O. The zero-order valence-corrected chi connectivity index (χ0v) is 79.7. The number of carboxylic acids is 2. The summed E-state index contributed by atoms with van der Waals surface area (Å²) < 4.78 is 137. The number of carbonyl (C=O) groups excluding carboxylic acids is 5. The number of carbonyl (C=O) groups is 7. The summed E-state index contributed by atoms with van der Waals surface area (Å²) in [6, 6.07) is -10.1. The molecule has 0 aromatic heterocycles. The van der Waals surface area contributed by atoms with Crippen LogP contribution in [0.1, 0.15) is 34.6 Å². The Bertz CT molecular complexity index is 4320. The fourth-order valence-corrected chi connectivity index (χ4v) is 19.3. The molecule has 12 fully saturated rings. The highest BCUT2D eigenvalue weighted by Crippen LogP contribution is 2.43. The Hall–Kier alpha value is -5.87. The van der Waals surface area contributed by atoms with Crippen LogP contribution in [0.2, 0.25) is 0 Å². The maximum Gasteiger partial charge on any atom is 0.335 e. The van der Waals surface area contributed by atoms with Gasteiger partial charge in [0.25, 0.3) is 0 Å². The number of ether oxygens (including phenoxy) is 23. The Balaban J connectivity index is 0.883. The lowest BCUT2D eigenvalue weighted by molar-refractivity contribution is -0.405. The molecule has 12 aliphatic heterocycles. The summed E-state index contributed by atoms with van der Waals surface area (Å²) in [5.74, 6) is -8.85. The first-order chi connectivity index (χ1) is 70.9. The third kappa shape index (κ3) is 26.8. The average molecular weight is 2200 g/mol. The van der Waals surface area contributed by atoms with Crippen molar-refractivity contribution in [2.24, 2.45) is 0 Å². The molecule has 12 rings (SSSR count). The molecule has 68 nitrogen and oxygen atoms in total. The van der Waals surface area contributed by atoms with E-state index in [-0.39, 0.29) is 0 Å². The number of amides is 5. The molecule has 864 valence electrons. The van der Waals surface area contributed by atoms with Gasteiger partial charge in [0.1, 0.15) is 280 Å². The Labute approximate surface area is 845 Å². The molecule has 0 spiro atoms. The van der Waals surface area contributed by atoms with Gasteiger partial charge in [-0.1, -0.05) is 0 Å². The third-order valence-electron chi connectivity index (χ3n) is 27.0. The normalized spacial score (nSPS) is 48.7. The molecule has 0 saturated carbocycles. The number of aliphatic hydroxyl groups excluding tert-OH is 31. The monoisotopic (exact) mass is 2200 g/mol. The van der Waals surface area contributed by atoms with E-state index < -0.39 is 476 Å². The lowest BCUT2D eigenvalue weighted by atomic mass is 9.93. The van der Waals surface area contributed by atoms with Crippen LogP contribution in [0.25, 0.3) is 0 Å². The van der Waals surface area contributed by atoms with Gasteiger partial charge in [-0.15, -0.1) is 0 Å². The van der Waals surface area contributed by atoms with Crippen LogP contribution in [-0.2, 0) is 143 Å². The van der Waals surface area contributed by atoms with Crippen LogP contribution < -0.4 is 26.6 Å². The maximum atomic E-state index is 13.3. The van der Waals surface area contributed by atoms with Crippen LogP contribution in [-0.4, -0.2) is 644 Å². The molecule has 0 aliphatic carbocycles. The lowest BCUT2D eigenvalue weighted by Crippen LogP contribution is -2.71. The van der Waals surface area contributed by atoms with Crippen LogP contribution in [0, 0.1) is 0 Å². The Morgan fingerprint density at radius 2 is 0.420 bits per heavy atom. The predicted molar refractivity (Wildman–Crippen MR) is 454 cm³/mol. The summed E-state index contributed by atoms with van der Waals surface area (Å²) in [6.07, 6.45) is -126. The minimum atomic E-state index is -2.78. The molecule has 0 radical (unpaired) electrons. The number of rotatable bonds is 39. The molecule has 0 unspecified atom stereocenters. The van der Waals surface area contributed by atoms with Crippen molar-refractivity contribution in [3.63, 3.8) is 0 Å². The van der Waals surface area contributed by atoms with E-state index in [0.29, 0.717) is 0 Å². The van der Waals surface area contributed by atoms with Gasteiger partial charge in [-0.05, 0) is 0 Å². The van der Waals surface area contributed by atoms with Gasteiger partial charge in [0.2, 0.25) is 29.5 Å². The minimum absolute atomic E-state index is 0.848. The molecule has 5 amide bonds. The van der Waals surface area contributed by atoms with E-state index in [1.165, 1.54) is 0 Å². The second kappa shape index (κ2) is 53.2. The largest absolute Gasteiger partial charge is 0.479 e. The van der Waals surface area contributed by atoms with E-state index in [1.54, 1.807) is 0 Å². The van der Waals surface area contributed by atoms with Crippen LogP contribution >= 0.6 is 0 Å². The fraction of sp³-hybridized carbons (Fsp3) is 0.915. The quantitative estimate of drug-likeness (QED) is 0.0272. The molecule has 68 heteroatoms. The molecular formula is C82H133N5O63. The standard InChI is InChI=1S/C82H133N5O63/c1-16(97)83-31-42(108)57(25(10-92)129-71(31)127)139-73-33(85-18(3)99)43(109)60(27(12-94)134-73)143-80-56(122)64(40(106)30(138-80)15-128-81-67(48(114)37(103)22(7-89)133-81)149-75-35(87-20(5)101)45(111)59(28(13-95)136-75)142-79-55(121)63(39(105)24(9-91)132-79)145-77-52(118)47(113)50(116)66(148-77)70(125)126)146-82-68(150-72-32(84-17(2)98)41(107)36(102)21(6-88)130-72)53(119)61(29(14-96)137-82)140-74-34(86-19(4)100)44(110)58(26(11-93)135-74)141-78-54(120)62(38(104)23(8-90)131-78)144-76-51(117)46(112)49(115)65(147-76)69(123)124/h21-68,71-82,88-96,102-122,127H,6-15H2,1-5H3,(H,83,97)(H,84,98)(H,85,99)(H,86,100)(H,87,101)(H,123,124)(H,125,126)/t21-,22-,23-,24-,25-,26-,27-,28-,29-,30-,31-,32-,33-,34-,35-,36-,37-,38+,39+,40-,41-,42-,43-,44-,45-,46+,47+,48+,49+,50+,51-,52-,53+,54-,55-,56+,57-,58-,59-,60-,61-,62+,63+,64+,65+,66+,67+,68+,71-,72+,73+,74+,75+,76-,77-,78+,79+,80+,81+,82-/m1/s1. The molecule has 0 bridgehead atoms. The topological polar surface area (TPSA) is 1060 Å². The molecule has 12 saturated heterocycles. The molecule has 38 N–H and O–H groups in total. The van der Waals surface area contributed by atoms with Crippen LogP contribution in [0.3, 0.4) is 0 Å². The number of aliphatic hydroxyl groups is 31. The summed E-state index contributed by atoms with van der Waals surface area (Å²) >= 11 is 0. The molecule has 150 heavy (non-hydrogen) atoms. The van der Waals surface area contributed by atoms with Gasteiger partial charge in [0.05, 0.1) is 66.1 Å². The van der Waals surface area contributed by atoms with E-state index in [0.717, 1.165) is 34.6 Å². The smallest absolute Gasteiger partial charge is 0.335 e. The van der Waals surface area contributed by atoms with Crippen LogP contribution in [0.15, 0.2) is 0 Å². The number of carboxylic acid groups (broad SMARTS) is 2. The van der Waals surface area contributed by atoms with Crippen molar-refractivity contribution in [2.75, 3.05) is 66.1 Å². The van der Waals surface area contributed by atoms with Crippen molar-refractivity contribution in [3.8, 4) is 0 Å². The Morgan fingerprint density at radius 1 is 0.193 bits per heavy atom. The summed E-state index contributed by atoms with van der Waals surface area (Å²) in [5.41, 5.74) is 0. The zero-order valence-electron chi connectivity index (χ0n) is 79.7. The highest BCUT2D eigenvalue weighted by atomic mass is 16.8. The first-order valence-corrected chi connectivity index (χ1v) is 47.2. The van der Waals surface area contributed by atoms with E-state index in [9.17, 15) is 202 Å². The minimum Gasteiger partial charge on any atom is -0.479 e. The van der Waals surface area contributed by atoms with Crippen molar-refractivity contribution >= 4 is 41.5 Å². The first kappa shape index (κ1) is 123. The van der Waals surface area contributed by atoms with E-state index in [2.05, 4.69) is 26.6 Å². The number of nitrogens with one attached hydrogen (secondary N) is 5. The summed E-state index contributed by atoms with van der Waals surface area (Å²) in [7, 11) is 0. The molecular weight excluding hydrogens is 2060 g/mol. The van der Waals surface area contributed by atoms with Crippen molar-refractivity contribution in [2.45, 2.75) is 403 Å². The van der Waals surface area contributed by atoms with Crippen LogP contribution in [0.4, 0.5) is 0 Å². The van der Waals surface area contributed by atoms with Crippen molar-refractivity contribution < 1.29 is 311 Å². The van der Waals surface area contributed by atoms with Gasteiger partial charge in [-0.3, -0.25) is 24.0 Å². The average Bonchev–Trinajstić information content (AvgIpc) is 0.764. The number of aliphatic carboxylic acids is 2. The maximum absolute atomic E-state index is 13.3. The fourth-order valence-electron chi connectivity index (χ4n) is 19.3. The van der Waals surface area contributed by atoms with E-state index in [1.807, 2.05) is 0 Å². The second-order valence-corrected chi connectivity index (χ2v) is 37.4. The molecule has 0 aromatic carbocycles. The third-order valence-corrected chi connectivity index (χ3v) is 27.0. The van der Waals surface area contributed by atoms with Gasteiger partial charge in [0.15, 0.2) is 87.7 Å². The van der Waals surface area contributed by atoms with Crippen molar-refractivity contribution in [1.82, 2.24) is 26.6 Å². The van der Waals surface area contributed by atoms with Crippen molar-refractivity contribution in [1.29, 1.82) is 0 Å². The van der Waals surface area contributed by atoms with Gasteiger partial charge < -0.3 is 304 Å². The van der Waals surface area contributed by atoms with Gasteiger partial charge in [0, 0.05) is 34.6 Å². The Kier molecular flexibility index (Phi) is 43.5.